The van der Waals surface area contributed by atoms with Gasteiger partial charge >= 0.3 is 0 Å². The van der Waals surface area contributed by atoms with Gasteiger partial charge in [-0.2, -0.15) is 4.31 Å². The predicted molar refractivity (Wildman–Crippen MR) is 89.3 cm³/mol. The summed E-state index contributed by atoms with van der Waals surface area (Å²) in [7, 11) is -3.61. The number of H-pyrrole nitrogens is 1. The number of rotatable bonds is 5. The van der Waals surface area contributed by atoms with Crippen molar-refractivity contribution in [3.63, 3.8) is 0 Å². The minimum Gasteiger partial charge on any atom is -0.329 e. The molecular weight excluding hydrogens is 344 g/mol. The van der Waals surface area contributed by atoms with Crippen LogP contribution in [0.4, 0.5) is 5.69 Å². The van der Waals surface area contributed by atoms with Gasteiger partial charge in [-0.05, 0) is 18.2 Å². The molecule has 2 heterocycles. The molecule has 0 radical (unpaired) electrons. The smallest absolute Gasteiger partial charge is 0.269 e. The Morgan fingerprint density at radius 3 is 2.40 bits per heavy atom. The average molecular weight is 364 g/mol. The van der Waals surface area contributed by atoms with E-state index in [-0.39, 0.29) is 10.6 Å². The standard InChI is InChI=1S/C16H18N4O4S/c21-20(22)15-3-5-16(6-4-15)25(23,24)19-10-8-18(9-11-19)13-14-2-1-7-17-12-14/h1-7,12H,8-11,13H2/p+2. The topological polar surface area (TPSA) is 99.1 Å². The number of aromatic nitrogens is 1. The summed E-state index contributed by atoms with van der Waals surface area (Å²) in [5, 5.41) is 10.7. The number of aromatic amines is 1. The molecule has 9 heteroatoms. The van der Waals surface area contributed by atoms with E-state index in [1.54, 1.807) is 0 Å². The second-order valence-corrected chi connectivity index (χ2v) is 7.93. The molecule has 0 unspecified atom stereocenters. The zero-order valence-electron chi connectivity index (χ0n) is 13.6. The third-order valence-electron chi connectivity index (χ3n) is 4.34. The van der Waals surface area contributed by atoms with Crippen LogP contribution in [0.15, 0.2) is 53.7 Å². The number of pyridine rings is 1. The first-order valence-corrected chi connectivity index (χ1v) is 9.44. The average Bonchev–Trinajstić information content (AvgIpc) is 2.63. The molecule has 0 saturated carbocycles. The van der Waals surface area contributed by atoms with Gasteiger partial charge in [0.1, 0.15) is 6.54 Å². The molecule has 2 N–H and O–H groups in total. The summed E-state index contributed by atoms with van der Waals surface area (Å²) >= 11 is 0. The van der Waals surface area contributed by atoms with Crippen molar-refractivity contribution in [3.8, 4) is 0 Å². The molecule has 1 fully saturated rings. The molecule has 0 bridgehead atoms. The van der Waals surface area contributed by atoms with Crippen molar-refractivity contribution in [2.45, 2.75) is 11.4 Å². The predicted octanol–water partition coefficient (Wildman–Crippen LogP) is -0.502. The number of quaternary nitrogens is 1. The lowest BCUT2D eigenvalue weighted by molar-refractivity contribution is -0.917. The van der Waals surface area contributed by atoms with E-state index in [4.69, 9.17) is 0 Å². The van der Waals surface area contributed by atoms with Crippen LogP contribution >= 0.6 is 0 Å². The van der Waals surface area contributed by atoms with Crippen LogP contribution in [0.5, 0.6) is 0 Å². The van der Waals surface area contributed by atoms with Gasteiger partial charge in [0.15, 0.2) is 12.4 Å². The fourth-order valence-electron chi connectivity index (χ4n) is 2.94. The van der Waals surface area contributed by atoms with Crippen molar-refractivity contribution in [1.82, 2.24) is 4.31 Å². The number of benzene rings is 1. The molecule has 0 spiro atoms. The Hall–Kier alpha value is -2.36. The largest absolute Gasteiger partial charge is 0.329 e. The first-order chi connectivity index (χ1) is 12.0. The van der Waals surface area contributed by atoms with Gasteiger partial charge in [0.25, 0.3) is 5.69 Å². The van der Waals surface area contributed by atoms with E-state index in [9.17, 15) is 18.5 Å². The fourth-order valence-corrected chi connectivity index (χ4v) is 4.38. The third-order valence-corrected chi connectivity index (χ3v) is 6.25. The summed E-state index contributed by atoms with van der Waals surface area (Å²) in [6.45, 7) is 3.17. The van der Waals surface area contributed by atoms with Gasteiger partial charge in [0.2, 0.25) is 10.0 Å². The Morgan fingerprint density at radius 1 is 1.16 bits per heavy atom. The summed E-state index contributed by atoms with van der Waals surface area (Å²) in [4.78, 5) is 14.6. The van der Waals surface area contributed by atoms with Gasteiger partial charge < -0.3 is 4.90 Å². The van der Waals surface area contributed by atoms with E-state index in [1.165, 1.54) is 39.0 Å². The lowest BCUT2D eigenvalue weighted by atomic mass is 10.2. The maximum absolute atomic E-state index is 12.7. The zero-order chi connectivity index (χ0) is 17.9. The lowest BCUT2D eigenvalue weighted by Crippen LogP contribution is -3.13. The first kappa shape index (κ1) is 17.5. The molecule has 132 valence electrons. The van der Waals surface area contributed by atoms with Gasteiger partial charge in [-0.25, -0.2) is 13.4 Å². The summed E-state index contributed by atoms with van der Waals surface area (Å²) in [5.41, 5.74) is 1.07. The molecule has 1 aromatic heterocycles. The van der Waals surface area contributed by atoms with Gasteiger partial charge in [-0.3, -0.25) is 10.1 Å². The number of nitro benzene ring substituents is 1. The first-order valence-electron chi connectivity index (χ1n) is 8.00. The molecule has 8 nitrogen and oxygen atoms in total. The summed E-state index contributed by atoms with van der Waals surface area (Å²) in [6, 6.07) is 9.03. The van der Waals surface area contributed by atoms with E-state index in [2.05, 4.69) is 4.98 Å². The van der Waals surface area contributed by atoms with E-state index in [1.807, 2.05) is 24.5 Å². The van der Waals surface area contributed by atoms with Crippen molar-refractivity contribution in [2.75, 3.05) is 26.2 Å². The highest BCUT2D eigenvalue weighted by Crippen LogP contribution is 2.19. The quantitative estimate of drug-likeness (QED) is 0.571. The molecule has 0 atom stereocenters. The monoisotopic (exact) mass is 364 g/mol. The SMILES string of the molecule is O=[N+]([O-])c1ccc(S(=O)(=O)N2CC[NH+](Cc3ccc[nH+]c3)CC2)cc1. The number of nitrogens with one attached hydrogen (secondary N) is 2. The van der Waals surface area contributed by atoms with Crippen LogP contribution < -0.4 is 9.88 Å². The van der Waals surface area contributed by atoms with Crippen LogP contribution in [0.25, 0.3) is 0 Å². The van der Waals surface area contributed by atoms with E-state index in [0.717, 1.165) is 19.6 Å². The highest BCUT2D eigenvalue weighted by Gasteiger charge is 2.30. The number of non-ortho nitro benzene ring substituents is 1. The molecule has 0 amide bonds. The van der Waals surface area contributed by atoms with Crippen molar-refractivity contribution in [1.29, 1.82) is 0 Å². The summed E-state index contributed by atoms with van der Waals surface area (Å²) in [5.74, 6) is 0. The fraction of sp³-hybridized carbons (Fsp3) is 0.312. The minimum atomic E-state index is -3.61. The number of hydrogen-bond donors (Lipinski definition) is 1. The normalized spacial score (nSPS) is 16.6. The second kappa shape index (κ2) is 7.26. The summed E-state index contributed by atoms with van der Waals surface area (Å²) in [6.07, 6.45) is 3.81. The maximum atomic E-state index is 12.7. The van der Waals surface area contributed by atoms with Crippen molar-refractivity contribution in [2.24, 2.45) is 0 Å². The van der Waals surface area contributed by atoms with E-state index < -0.39 is 14.9 Å². The van der Waals surface area contributed by atoms with Crippen LogP contribution in [-0.4, -0.2) is 43.8 Å². The van der Waals surface area contributed by atoms with E-state index >= 15 is 0 Å². The Labute approximate surface area is 145 Å². The molecule has 2 aromatic rings. The Kier molecular flexibility index (Phi) is 5.07. The molecule has 1 aromatic carbocycles. The highest BCUT2D eigenvalue weighted by molar-refractivity contribution is 7.89. The molecule has 3 rings (SSSR count). The van der Waals surface area contributed by atoms with Gasteiger partial charge in [-0.1, -0.05) is 0 Å². The minimum absolute atomic E-state index is 0.0965. The lowest BCUT2D eigenvalue weighted by Gasteiger charge is -2.31. The molecule has 25 heavy (non-hydrogen) atoms. The highest BCUT2D eigenvalue weighted by atomic mass is 32.2. The molecular formula is C16H20N4O4S+2. The maximum Gasteiger partial charge on any atom is 0.269 e. The number of sulfonamides is 1. The van der Waals surface area contributed by atoms with Crippen LogP contribution in [-0.2, 0) is 16.6 Å². The molecule has 1 aliphatic heterocycles. The van der Waals surface area contributed by atoms with Gasteiger partial charge in [-0.15, -0.1) is 0 Å². The molecule has 1 aliphatic rings. The van der Waals surface area contributed by atoms with Crippen LogP contribution in [0.1, 0.15) is 5.56 Å². The van der Waals surface area contributed by atoms with Crippen LogP contribution in [0.2, 0.25) is 0 Å². The number of hydrogen-bond acceptors (Lipinski definition) is 4. The molecule has 1 saturated heterocycles. The zero-order valence-corrected chi connectivity index (χ0v) is 14.4. The Balaban J connectivity index is 1.64. The molecule has 0 aliphatic carbocycles. The third kappa shape index (κ3) is 4.01. The Bertz CT molecular complexity index is 832. The number of piperazine rings is 1. The van der Waals surface area contributed by atoms with Gasteiger partial charge in [0, 0.05) is 18.2 Å². The van der Waals surface area contributed by atoms with Crippen molar-refractivity contribution >= 4 is 15.7 Å². The van der Waals surface area contributed by atoms with Gasteiger partial charge in [0.05, 0.1) is 41.6 Å². The van der Waals surface area contributed by atoms with Crippen LogP contribution in [0, 0.1) is 10.1 Å². The number of nitrogens with zero attached hydrogens (tertiary/aromatic N) is 2. The summed E-state index contributed by atoms with van der Waals surface area (Å²) < 4.78 is 26.8. The van der Waals surface area contributed by atoms with Crippen molar-refractivity contribution < 1.29 is 23.2 Å². The van der Waals surface area contributed by atoms with E-state index in [0.29, 0.717) is 13.1 Å². The Morgan fingerprint density at radius 2 is 1.84 bits per heavy atom. The second-order valence-electron chi connectivity index (χ2n) is 5.99. The number of nitro groups is 1. The van der Waals surface area contributed by atoms with Crippen molar-refractivity contribution in [3.05, 3.63) is 64.5 Å². The van der Waals surface area contributed by atoms with Crippen LogP contribution in [0.3, 0.4) is 0 Å².